The third-order valence-electron chi connectivity index (χ3n) is 1.58. The molecule has 0 aromatic heterocycles. The van der Waals surface area contributed by atoms with E-state index in [1.54, 1.807) is 0 Å². The summed E-state index contributed by atoms with van der Waals surface area (Å²) in [6.07, 6.45) is 7.72. The minimum absolute atomic E-state index is 0. The molecule has 0 bridgehead atoms. The summed E-state index contributed by atoms with van der Waals surface area (Å²) in [4.78, 5) is 0. The molecule has 0 aliphatic rings. The molecule has 0 aliphatic carbocycles. The Morgan fingerprint density at radius 3 is 2.09 bits per heavy atom. The number of rotatable bonds is 7. The first-order valence-corrected chi connectivity index (χ1v) is 4.46. The molecule has 0 aromatic rings. The summed E-state index contributed by atoms with van der Waals surface area (Å²) in [6, 6.07) is 0. The van der Waals surface area contributed by atoms with Crippen molar-refractivity contribution in [3.8, 4) is 0 Å². The number of unbranched alkanes of at least 4 members (excludes halogenated alkanes) is 5. The van der Waals surface area contributed by atoms with Crippen molar-refractivity contribution in [2.75, 3.05) is 6.61 Å². The van der Waals surface area contributed by atoms with E-state index in [1.165, 1.54) is 32.1 Å². The van der Waals surface area contributed by atoms with E-state index in [4.69, 9.17) is 11.9 Å². The Kier molecular flexibility index (Phi) is 18.0. The Bertz CT molecular complexity index is 54.1. The molecular formula is C8H21ClOSn. The van der Waals surface area contributed by atoms with Crippen LogP contribution in [-0.2, 0) is 4.29 Å². The minimum atomic E-state index is 0. The van der Waals surface area contributed by atoms with Crippen LogP contribution >= 0.6 is 11.9 Å². The van der Waals surface area contributed by atoms with Crippen molar-refractivity contribution in [1.82, 2.24) is 0 Å². The molecule has 3 heteroatoms. The summed E-state index contributed by atoms with van der Waals surface area (Å²) in [5.74, 6) is 0. The third kappa shape index (κ3) is 14.0. The van der Waals surface area contributed by atoms with Crippen LogP contribution in [0.2, 0.25) is 0 Å². The molecule has 0 heterocycles. The fourth-order valence-electron chi connectivity index (χ4n) is 0.937. The Morgan fingerprint density at radius 1 is 1.00 bits per heavy atom. The van der Waals surface area contributed by atoms with E-state index in [-0.39, 0.29) is 23.9 Å². The predicted octanol–water partition coefficient (Wildman–Crippen LogP) is 2.07. The van der Waals surface area contributed by atoms with Gasteiger partial charge in [-0.1, -0.05) is 39.0 Å². The van der Waals surface area contributed by atoms with Crippen LogP contribution in [0.5, 0.6) is 0 Å². The van der Waals surface area contributed by atoms with E-state index in [0.29, 0.717) is 6.61 Å². The van der Waals surface area contributed by atoms with E-state index >= 15 is 0 Å². The van der Waals surface area contributed by atoms with Gasteiger partial charge in [-0.3, -0.25) is 4.29 Å². The van der Waals surface area contributed by atoms with Crippen LogP contribution in [0.4, 0.5) is 0 Å². The number of hydrogen-bond acceptors (Lipinski definition) is 1. The summed E-state index contributed by atoms with van der Waals surface area (Å²) in [6.45, 7) is 2.93. The van der Waals surface area contributed by atoms with Crippen molar-refractivity contribution < 1.29 is 4.29 Å². The molecule has 0 unspecified atom stereocenters. The quantitative estimate of drug-likeness (QED) is 0.514. The third-order valence-corrected chi connectivity index (χ3v) is 1.73. The van der Waals surface area contributed by atoms with E-state index in [1.807, 2.05) is 0 Å². The van der Waals surface area contributed by atoms with Crippen LogP contribution in [0.25, 0.3) is 0 Å². The average Bonchev–Trinajstić information content (AvgIpc) is 1.97. The molecule has 0 radical (unpaired) electrons. The maximum atomic E-state index is 5.04. The second-order valence-electron chi connectivity index (χ2n) is 2.58. The zero-order valence-corrected chi connectivity index (χ0v) is 7.49. The molecule has 0 saturated carbocycles. The van der Waals surface area contributed by atoms with E-state index in [0.717, 1.165) is 6.42 Å². The molecule has 11 heavy (non-hydrogen) atoms. The van der Waals surface area contributed by atoms with Gasteiger partial charge in [0.15, 0.2) is 0 Å². The van der Waals surface area contributed by atoms with Gasteiger partial charge < -0.3 is 0 Å². The van der Waals surface area contributed by atoms with E-state index < -0.39 is 0 Å². The molecule has 0 aromatic carbocycles. The summed E-state index contributed by atoms with van der Waals surface area (Å²) in [7, 11) is 0. The fraction of sp³-hybridized carbons (Fsp3) is 1.00. The van der Waals surface area contributed by atoms with Gasteiger partial charge in [-0.2, -0.15) is 0 Å². The summed E-state index contributed by atoms with van der Waals surface area (Å²) in [5, 5.41) is 0. The second kappa shape index (κ2) is 13.6. The Hall–Kier alpha value is 1.05. The van der Waals surface area contributed by atoms with Crippen LogP contribution < -0.4 is 0 Å². The van der Waals surface area contributed by atoms with Gasteiger partial charge in [-0.05, 0) is 6.42 Å². The van der Waals surface area contributed by atoms with Gasteiger partial charge in [0.2, 0.25) is 0 Å². The zero-order valence-electron chi connectivity index (χ0n) is 6.74. The Morgan fingerprint density at radius 2 is 1.55 bits per heavy atom. The standard InChI is InChI=1S/C8H17ClO.Sn.4H/c1-2-3-4-5-6-7-8-10-9;;;;;/h2-8H2,1H3;;;;;. The molecular weight excluding hydrogens is 266 g/mol. The van der Waals surface area contributed by atoms with Crippen molar-refractivity contribution >= 4 is 35.8 Å². The predicted molar refractivity (Wildman–Crippen MR) is 56.5 cm³/mol. The molecule has 0 amide bonds. The molecule has 0 spiro atoms. The average molecular weight is 287 g/mol. The van der Waals surface area contributed by atoms with Crippen molar-refractivity contribution in [2.24, 2.45) is 0 Å². The van der Waals surface area contributed by atoms with Gasteiger partial charge in [0, 0.05) is 0 Å². The Labute approximate surface area is 92.0 Å². The van der Waals surface area contributed by atoms with Crippen molar-refractivity contribution in [3.63, 3.8) is 0 Å². The van der Waals surface area contributed by atoms with Crippen molar-refractivity contribution in [3.05, 3.63) is 0 Å². The van der Waals surface area contributed by atoms with Gasteiger partial charge in [0.1, 0.15) is 0 Å². The molecule has 0 atom stereocenters. The van der Waals surface area contributed by atoms with Crippen LogP contribution in [0, 0.1) is 0 Å². The van der Waals surface area contributed by atoms with Crippen molar-refractivity contribution in [2.45, 2.75) is 45.4 Å². The topological polar surface area (TPSA) is 9.23 Å². The van der Waals surface area contributed by atoms with Crippen LogP contribution in [0.15, 0.2) is 0 Å². The maximum absolute atomic E-state index is 5.04. The van der Waals surface area contributed by atoms with Crippen molar-refractivity contribution in [1.29, 1.82) is 0 Å². The van der Waals surface area contributed by atoms with Crippen LogP contribution in [-0.4, -0.2) is 30.5 Å². The van der Waals surface area contributed by atoms with Gasteiger partial charge in [0.25, 0.3) is 0 Å². The van der Waals surface area contributed by atoms with Crippen LogP contribution in [0.1, 0.15) is 45.4 Å². The first-order chi connectivity index (χ1) is 4.91. The SMILES string of the molecule is CCCCCCCCOCl.[SnH4]. The van der Waals surface area contributed by atoms with Gasteiger partial charge in [0.05, 0.1) is 18.5 Å². The molecule has 0 rings (SSSR count). The van der Waals surface area contributed by atoms with E-state index in [9.17, 15) is 0 Å². The second-order valence-corrected chi connectivity index (χ2v) is 2.80. The molecule has 70 valence electrons. The number of hydrogen-bond donors (Lipinski definition) is 0. The van der Waals surface area contributed by atoms with Gasteiger partial charge in [-0.25, -0.2) is 0 Å². The summed E-state index contributed by atoms with van der Waals surface area (Å²) >= 11 is 5.04. The zero-order chi connectivity index (χ0) is 7.66. The molecule has 1 nitrogen and oxygen atoms in total. The molecule has 0 N–H and O–H groups in total. The monoisotopic (exact) mass is 288 g/mol. The summed E-state index contributed by atoms with van der Waals surface area (Å²) < 4.78 is 4.42. The van der Waals surface area contributed by atoms with Crippen LogP contribution in [0.3, 0.4) is 0 Å². The first-order valence-electron chi connectivity index (χ1n) is 4.15. The molecule has 0 saturated heterocycles. The molecule has 0 fully saturated rings. The van der Waals surface area contributed by atoms with Gasteiger partial charge in [-0.15, -0.1) is 0 Å². The molecule has 0 aliphatic heterocycles. The normalized spacial score (nSPS) is 9.27. The fourth-order valence-corrected chi connectivity index (χ4v) is 1.05. The summed E-state index contributed by atoms with van der Waals surface area (Å²) in [5.41, 5.74) is 0. The first kappa shape index (κ1) is 14.6. The van der Waals surface area contributed by atoms with Gasteiger partial charge >= 0.3 is 23.9 Å². The Balaban J connectivity index is 0. The van der Waals surface area contributed by atoms with E-state index in [2.05, 4.69) is 11.2 Å². The number of halogens is 1.